The standard InChI is InChI=1S/C10H7F3N4O4S/c11-10(12,13)22(19,20)17-6-3-1-2-5(4-6)8-15-16-9(21-8)7(14)18/h1-4,17H,(H2,14,18). The van der Waals surface area contributed by atoms with Gasteiger partial charge in [0.1, 0.15) is 0 Å². The number of anilines is 1. The third kappa shape index (κ3) is 3.16. The smallest absolute Gasteiger partial charge is 0.412 e. The highest BCUT2D eigenvalue weighted by molar-refractivity contribution is 7.93. The maximum absolute atomic E-state index is 12.3. The summed E-state index contributed by atoms with van der Waals surface area (Å²) in [5.74, 6) is -1.68. The lowest BCUT2D eigenvalue weighted by molar-refractivity contribution is -0.0429. The van der Waals surface area contributed by atoms with Crippen LogP contribution in [-0.2, 0) is 10.0 Å². The lowest BCUT2D eigenvalue weighted by Crippen LogP contribution is -2.29. The van der Waals surface area contributed by atoms with E-state index >= 15 is 0 Å². The van der Waals surface area contributed by atoms with Crippen LogP contribution >= 0.6 is 0 Å². The van der Waals surface area contributed by atoms with Gasteiger partial charge in [0.05, 0.1) is 0 Å². The molecule has 0 radical (unpaired) electrons. The second kappa shape index (κ2) is 5.29. The van der Waals surface area contributed by atoms with Gasteiger partial charge in [0.2, 0.25) is 5.89 Å². The molecule has 1 heterocycles. The minimum absolute atomic E-state index is 0.0994. The molecule has 8 nitrogen and oxygen atoms in total. The van der Waals surface area contributed by atoms with Gasteiger partial charge in [-0.3, -0.25) is 9.52 Å². The topological polar surface area (TPSA) is 128 Å². The fourth-order valence-electron chi connectivity index (χ4n) is 1.37. The number of hydrogen-bond acceptors (Lipinski definition) is 6. The van der Waals surface area contributed by atoms with Gasteiger partial charge in [-0.1, -0.05) is 6.07 Å². The predicted octanol–water partition coefficient (Wildman–Crippen LogP) is 1.10. The maximum atomic E-state index is 12.3. The van der Waals surface area contributed by atoms with Crippen molar-refractivity contribution in [1.29, 1.82) is 0 Å². The first-order valence-electron chi connectivity index (χ1n) is 5.43. The second-order valence-electron chi connectivity index (χ2n) is 3.91. The van der Waals surface area contributed by atoms with Crippen LogP contribution in [-0.4, -0.2) is 30.0 Å². The Morgan fingerprint density at radius 1 is 1.27 bits per heavy atom. The zero-order chi connectivity index (χ0) is 16.5. The average molecular weight is 336 g/mol. The Morgan fingerprint density at radius 3 is 2.50 bits per heavy atom. The van der Waals surface area contributed by atoms with Gasteiger partial charge in [0.25, 0.3) is 0 Å². The van der Waals surface area contributed by atoms with E-state index in [4.69, 9.17) is 10.2 Å². The van der Waals surface area contributed by atoms with Crippen molar-refractivity contribution in [3.05, 3.63) is 30.2 Å². The van der Waals surface area contributed by atoms with Crippen molar-refractivity contribution in [2.24, 2.45) is 5.73 Å². The molecular formula is C10H7F3N4O4S. The number of benzene rings is 1. The number of alkyl halides is 3. The van der Waals surface area contributed by atoms with E-state index in [9.17, 15) is 26.4 Å². The predicted molar refractivity (Wildman–Crippen MR) is 66.8 cm³/mol. The summed E-state index contributed by atoms with van der Waals surface area (Å²) >= 11 is 0. The molecule has 2 rings (SSSR count). The SMILES string of the molecule is NC(=O)c1nnc(-c2cccc(NS(=O)(=O)C(F)(F)F)c2)o1. The van der Waals surface area contributed by atoms with Crippen molar-refractivity contribution < 1.29 is 30.8 Å². The molecule has 118 valence electrons. The fraction of sp³-hybridized carbons (Fsp3) is 0.100. The highest BCUT2D eigenvalue weighted by atomic mass is 32.2. The van der Waals surface area contributed by atoms with Gasteiger partial charge in [0, 0.05) is 11.3 Å². The first-order valence-corrected chi connectivity index (χ1v) is 6.91. The molecular weight excluding hydrogens is 329 g/mol. The number of nitrogens with one attached hydrogen (secondary N) is 1. The summed E-state index contributed by atoms with van der Waals surface area (Å²) in [6.07, 6.45) is 0. The Labute approximate surface area is 121 Å². The Hall–Kier alpha value is -2.63. The highest BCUT2D eigenvalue weighted by Gasteiger charge is 2.46. The van der Waals surface area contributed by atoms with E-state index in [0.717, 1.165) is 12.1 Å². The molecule has 2 aromatic rings. The molecule has 1 amide bonds. The number of nitrogens with zero attached hydrogens (tertiary/aromatic N) is 2. The van der Waals surface area contributed by atoms with Crippen LogP contribution in [0.2, 0.25) is 0 Å². The zero-order valence-corrected chi connectivity index (χ0v) is 11.3. The normalized spacial score (nSPS) is 12.1. The minimum atomic E-state index is -5.55. The lowest BCUT2D eigenvalue weighted by atomic mass is 10.2. The van der Waals surface area contributed by atoms with Crippen molar-refractivity contribution >= 4 is 21.6 Å². The van der Waals surface area contributed by atoms with Gasteiger partial charge >= 0.3 is 27.3 Å². The van der Waals surface area contributed by atoms with Gasteiger partial charge < -0.3 is 10.2 Å². The second-order valence-corrected chi connectivity index (χ2v) is 5.58. The van der Waals surface area contributed by atoms with E-state index in [-0.39, 0.29) is 17.1 Å². The summed E-state index contributed by atoms with van der Waals surface area (Å²) in [5.41, 5.74) is -0.805. The van der Waals surface area contributed by atoms with Crippen LogP contribution in [0.1, 0.15) is 10.7 Å². The minimum Gasteiger partial charge on any atom is -0.412 e. The van der Waals surface area contributed by atoms with Gasteiger partial charge in [-0.25, -0.2) is 0 Å². The number of nitrogens with two attached hydrogens (primary N) is 1. The van der Waals surface area contributed by atoms with Crippen molar-refractivity contribution in [1.82, 2.24) is 10.2 Å². The van der Waals surface area contributed by atoms with Gasteiger partial charge in [-0.05, 0) is 18.2 Å². The van der Waals surface area contributed by atoms with Crippen LogP contribution in [0.5, 0.6) is 0 Å². The van der Waals surface area contributed by atoms with Crippen molar-refractivity contribution in [3.8, 4) is 11.5 Å². The van der Waals surface area contributed by atoms with Crippen LogP contribution in [0.25, 0.3) is 11.5 Å². The summed E-state index contributed by atoms with van der Waals surface area (Å²) in [7, 11) is -5.55. The van der Waals surface area contributed by atoms with Crippen molar-refractivity contribution in [2.45, 2.75) is 5.51 Å². The zero-order valence-electron chi connectivity index (χ0n) is 10.5. The number of halogens is 3. The molecule has 0 fully saturated rings. The summed E-state index contributed by atoms with van der Waals surface area (Å²) < 4.78 is 65.2. The van der Waals surface area contributed by atoms with E-state index in [1.165, 1.54) is 16.9 Å². The summed E-state index contributed by atoms with van der Waals surface area (Å²) in [5, 5.41) is 6.80. The van der Waals surface area contributed by atoms with E-state index in [2.05, 4.69) is 10.2 Å². The number of carbonyl (C=O) groups is 1. The van der Waals surface area contributed by atoms with E-state index in [0.29, 0.717) is 0 Å². The van der Waals surface area contributed by atoms with E-state index in [1.807, 2.05) is 0 Å². The summed E-state index contributed by atoms with van der Waals surface area (Å²) in [6.45, 7) is 0. The van der Waals surface area contributed by atoms with E-state index < -0.39 is 27.3 Å². The summed E-state index contributed by atoms with van der Waals surface area (Å²) in [4.78, 5) is 10.8. The molecule has 12 heteroatoms. The molecule has 0 saturated heterocycles. The fourth-order valence-corrected chi connectivity index (χ4v) is 1.92. The van der Waals surface area contributed by atoms with Gasteiger partial charge in [0.15, 0.2) is 0 Å². The third-order valence-electron chi connectivity index (χ3n) is 2.30. The molecule has 0 aliphatic rings. The third-order valence-corrected chi connectivity index (χ3v) is 3.42. The Kier molecular flexibility index (Phi) is 3.79. The summed E-state index contributed by atoms with van der Waals surface area (Å²) in [6, 6.07) is 4.75. The molecule has 0 saturated carbocycles. The Balaban J connectivity index is 2.33. The molecule has 1 aromatic carbocycles. The van der Waals surface area contributed by atoms with Crippen molar-refractivity contribution in [2.75, 3.05) is 4.72 Å². The number of amides is 1. The monoisotopic (exact) mass is 336 g/mol. The molecule has 0 atom stereocenters. The molecule has 0 bridgehead atoms. The largest absolute Gasteiger partial charge is 0.516 e. The number of sulfonamides is 1. The number of hydrogen-bond donors (Lipinski definition) is 2. The molecule has 0 unspecified atom stereocenters. The van der Waals surface area contributed by atoms with E-state index in [1.54, 1.807) is 0 Å². The first-order chi connectivity index (χ1) is 10.1. The van der Waals surface area contributed by atoms with Crippen LogP contribution in [0, 0.1) is 0 Å². The highest BCUT2D eigenvalue weighted by Crippen LogP contribution is 2.27. The number of rotatable bonds is 4. The number of aromatic nitrogens is 2. The molecule has 0 aliphatic heterocycles. The van der Waals surface area contributed by atoms with Crippen molar-refractivity contribution in [3.63, 3.8) is 0 Å². The van der Waals surface area contributed by atoms with Gasteiger partial charge in [-0.15, -0.1) is 10.2 Å². The molecule has 0 spiro atoms. The maximum Gasteiger partial charge on any atom is 0.516 e. The molecule has 1 aromatic heterocycles. The molecule has 0 aliphatic carbocycles. The van der Waals surface area contributed by atoms with Crippen LogP contribution in [0.15, 0.2) is 28.7 Å². The van der Waals surface area contributed by atoms with Crippen LogP contribution in [0.4, 0.5) is 18.9 Å². The first kappa shape index (κ1) is 15.8. The molecule has 22 heavy (non-hydrogen) atoms. The quantitative estimate of drug-likeness (QED) is 0.860. The number of carbonyl (C=O) groups excluding carboxylic acids is 1. The average Bonchev–Trinajstić information content (AvgIpc) is 2.86. The number of primary amides is 1. The van der Waals surface area contributed by atoms with Crippen LogP contribution in [0.3, 0.4) is 0 Å². The van der Waals surface area contributed by atoms with Crippen LogP contribution < -0.4 is 10.5 Å². The lowest BCUT2D eigenvalue weighted by Gasteiger charge is -2.10. The Bertz CT molecular complexity index is 816. The molecule has 3 N–H and O–H groups in total. The Morgan fingerprint density at radius 2 is 1.95 bits per heavy atom. The van der Waals surface area contributed by atoms with Gasteiger partial charge in [-0.2, -0.15) is 21.6 Å².